The predicted octanol–water partition coefficient (Wildman–Crippen LogP) is 0.776. The van der Waals surface area contributed by atoms with Crippen molar-refractivity contribution in [3.63, 3.8) is 0 Å². The van der Waals surface area contributed by atoms with Gasteiger partial charge in [-0.2, -0.15) is 0 Å². The lowest BCUT2D eigenvalue weighted by atomic mass is 10.1. The summed E-state index contributed by atoms with van der Waals surface area (Å²) >= 11 is 0. The Labute approximate surface area is 139 Å². The monoisotopic (exact) mass is 333 g/mol. The first-order valence-corrected chi connectivity index (χ1v) is 8.09. The fourth-order valence-corrected chi connectivity index (χ4v) is 2.79. The molecule has 1 aliphatic heterocycles. The second-order valence-corrected chi connectivity index (χ2v) is 5.62. The van der Waals surface area contributed by atoms with Crippen LogP contribution < -0.4 is 15.6 Å². The Morgan fingerprint density at radius 1 is 1.29 bits per heavy atom. The smallest absolute Gasteiger partial charge is 0.413 e. The third-order valence-corrected chi connectivity index (χ3v) is 4.01. The van der Waals surface area contributed by atoms with Crippen molar-refractivity contribution in [2.24, 2.45) is 0 Å². The molecule has 7 nitrogen and oxygen atoms in total. The molecule has 3 rings (SSSR count). The molecule has 1 saturated heterocycles. The van der Waals surface area contributed by atoms with E-state index in [4.69, 9.17) is 13.9 Å². The number of amides is 1. The number of carbonyl (C=O) groups excluding carboxylic acids is 1. The van der Waals surface area contributed by atoms with Crippen molar-refractivity contribution in [2.45, 2.75) is 13.5 Å². The molecule has 0 unspecified atom stereocenters. The van der Waals surface area contributed by atoms with Gasteiger partial charge in [-0.05, 0) is 19.1 Å². The van der Waals surface area contributed by atoms with Crippen LogP contribution in [-0.4, -0.2) is 39.0 Å². The minimum absolute atomic E-state index is 0.123. The first-order chi connectivity index (χ1) is 11.7. The molecule has 1 aliphatic rings. The van der Waals surface area contributed by atoms with Crippen LogP contribution in [0.2, 0.25) is 0 Å². The topological polar surface area (TPSA) is 82.2 Å². The van der Waals surface area contributed by atoms with E-state index in [9.17, 15) is 9.59 Å². The number of morpholine rings is 1. The molecule has 128 valence electrons. The van der Waals surface area contributed by atoms with Crippen LogP contribution in [0.15, 0.2) is 33.5 Å². The number of fused-ring (bicyclic) bond motifs is 1. The van der Waals surface area contributed by atoms with Crippen LogP contribution in [0, 0.1) is 0 Å². The summed E-state index contributed by atoms with van der Waals surface area (Å²) in [6.07, 6.45) is -0.630. The zero-order valence-electron chi connectivity index (χ0n) is 13.6. The molecule has 1 fully saturated rings. The van der Waals surface area contributed by atoms with E-state index in [2.05, 4.69) is 5.32 Å². The lowest BCUT2D eigenvalue weighted by Gasteiger charge is -2.24. The molecule has 1 amide bonds. The number of hydrogen-bond acceptors (Lipinski definition) is 5. The molecule has 0 bridgehead atoms. The van der Waals surface area contributed by atoms with Crippen LogP contribution in [0.3, 0.4) is 0 Å². The first-order valence-electron chi connectivity index (χ1n) is 8.09. The van der Waals surface area contributed by atoms with Crippen LogP contribution in [0.5, 0.6) is 0 Å². The number of quaternary nitrogens is 1. The predicted molar refractivity (Wildman–Crippen MR) is 88.3 cm³/mol. The number of para-hydroxylation sites is 1. The van der Waals surface area contributed by atoms with Crippen molar-refractivity contribution in [1.29, 1.82) is 0 Å². The van der Waals surface area contributed by atoms with Crippen LogP contribution in [0.25, 0.3) is 11.0 Å². The van der Waals surface area contributed by atoms with E-state index < -0.39 is 6.09 Å². The van der Waals surface area contributed by atoms with Gasteiger partial charge in [-0.3, -0.25) is 10.1 Å². The molecular weight excluding hydrogens is 312 g/mol. The second-order valence-electron chi connectivity index (χ2n) is 5.62. The molecular formula is C17H21N2O5+. The van der Waals surface area contributed by atoms with Crippen molar-refractivity contribution >= 4 is 22.9 Å². The number of nitrogens with one attached hydrogen (secondary N) is 2. The molecule has 1 aromatic heterocycles. The van der Waals surface area contributed by atoms with Gasteiger partial charge in [0.2, 0.25) is 11.3 Å². The quantitative estimate of drug-likeness (QED) is 0.864. The van der Waals surface area contributed by atoms with E-state index in [0.29, 0.717) is 36.3 Å². The molecule has 0 atom stereocenters. The van der Waals surface area contributed by atoms with Gasteiger partial charge in [-0.25, -0.2) is 4.79 Å². The summed E-state index contributed by atoms with van der Waals surface area (Å²) < 4.78 is 16.0. The van der Waals surface area contributed by atoms with Gasteiger partial charge in [0.15, 0.2) is 0 Å². The standard InChI is InChI=1S/C17H20N2O5/c1-2-23-17(21)18-16-13(11-19-7-9-22-10-8-19)15(20)12-5-3-4-6-14(12)24-16/h3-6H,2,7-11H2,1H3,(H,18,21)/p+1. The van der Waals surface area contributed by atoms with Crippen LogP contribution >= 0.6 is 0 Å². The van der Waals surface area contributed by atoms with Gasteiger partial charge in [0.25, 0.3) is 0 Å². The lowest BCUT2D eigenvalue weighted by molar-refractivity contribution is -0.921. The maximum absolute atomic E-state index is 12.9. The number of benzene rings is 1. The highest BCUT2D eigenvalue weighted by Crippen LogP contribution is 2.19. The van der Waals surface area contributed by atoms with Gasteiger partial charge in [-0.1, -0.05) is 12.1 Å². The van der Waals surface area contributed by atoms with Crippen LogP contribution in [0.1, 0.15) is 12.5 Å². The normalized spacial score (nSPS) is 15.4. The van der Waals surface area contributed by atoms with E-state index in [1.807, 2.05) is 0 Å². The van der Waals surface area contributed by atoms with Crippen molar-refractivity contribution in [3.8, 4) is 0 Å². The van der Waals surface area contributed by atoms with Gasteiger partial charge >= 0.3 is 6.09 Å². The van der Waals surface area contributed by atoms with Gasteiger partial charge in [0.1, 0.15) is 30.8 Å². The molecule has 24 heavy (non-hydrogen) atoms. The summed E-state index contributed by atoms with van der Waals surface area (Å²) in [4.78, 5) is 25.9. The lowest BCUT2D eigenvalue weighted by Crippen LogP contribution is -3.13. The summed E-state index contributed by atoms with van der Waals surface area (Å²) in [7, 11) is 0. The van der Waals surface area contributed by atoms with Gasteiger partial charge in [0, 0.05) is 0 Å². The molecule has 0 aliphatic carbocycles. The zero-order chi connectivity index (χ0) is 16.9. The fraction of sp³-hybridized carbons (Fsp3) is 0.412. The van der Waals surface area contributed by atoms with Gasteiger partial charge in [0.05, 0.1) is 25.2 Å². The number of ether oxygens (including phenoxy) is 2. The Hall–Kier alpha value is -2.38. The molecule has 1 aromatic carbocycles. The van der Waals surface area contributed by atoms with E-state index in [1.165, 1.54) is 4.90 Å². The first kappa shape index (κ1) is 16.5. The number of anilines is 1. The van der Waals surface area contributed by atoms with Gasteiger partial charge < -0.3 is 18.8 Å². The summed E-state index contributed by atoms with van der Waals surface area (Å²) in [6.45, 7) is 5.38. The van der Waals surface area contributed by atoms with Crippen molar-refractivity contribution in [1.82, 2.24) is 0 Å². The SMILES string of the molecule is CCOC(=O)Nc1oc2ccccc2c(=O)c1C[NH+]1CCOCC1. The van der Waals surface area contributed by atoms with Gasteiger partial charge in [-0.15, -0.1) is 0 Å². The number of rotatable bonds is 4. The summed E-state index contributed by atoms with van der Waals surface area (Å²) in [6, 6.07) is 7.02. The zero-order valence-corrected chi connectivity index (χ0v) is 13.6. The third-order valence-electron chi connectivity index (χ3n) is 4.01. The average Bonchev–Trinajstić information content (AvgIpc) is 2.59. The summed E-state index contributed by atoms with van der Waals surface area (Å²) in [5.41, 5.74) is 0.774. The minimum Gasteiger partial charge on any atom is -0.450 e. The summed E-state index contributed by atoms with van der Waals surface area (Å²) in [5.74, 6) is 0.163. The van der Waals surface area contributed by atoms with Crippen molar-refractivity contribution < 1.29 is 23.6 Å². The third kappa shape index (κ3) is 3.58. The van der Waals surface area contributed by atoms with Crippen LogP contribution in [-0.2, 0) is 16.0 Å². The Morgan fingerprint density at radius 3 is 2.79 bits per heavy atom. The van der Waals surface area contributed by atoms with E-state index in [0.717, 1.165) is 13.1 Å². The van der Waals surface area contributed by atoms with Crippen molar-refractivity contribution in [3.05, 3.63) is 40.1 Å². The fourth-order valence-electron chi connectivity index (χ4n) is 2.79. The number of hydrogen-bond donors (Lipinski definition) is 2. The number of carbonyl (C=O) groups is 1. The second kappa shape index (κ2) is 7.46. The molecule has 0 radical (unpaired) electrons. The maximum Gasteiger partial charge on any atom is 0.413 e. The summed E-state index contributed by atoms with van der Waals surface area (Å²) in [5, 5.41) is 3.07. The maximum atomic E-state index is 12.9. The van der Waals surface area contributed by atoms with E-state index >= 15 is 0 Å². The average molecular weight is 333 g/mol. The highest BCUT2D eigenvalue weighted by molar-refractivity contribution is 5.86. The highest BCUT2D eigenvalue weighted by atomic mass is 16.5. The van der Waals surface area contributed by atoms with E-state index in [-0.39, 0.29) is 17.9 Å². The Balaban J connectivity index is 2.00. The van der Waals surface area contributed by atoms with Crippen molar-refractivity contribution in [2.75, 3.05) is 38.2 Å². The molecule has 2 aromatic rings. The largest absolute Gasteiger partial charge is 0.450 e. The molecule has 0 spiro atoms. The Morgan fingerprint density at radius 2 is 2.04 bits per heavy atom. The molecule has 2 heterocycles. The van der Waals surface area contributed by atoms with Crippen LogP contribution in [0.4, 0.5) is 10.7 Å². The molecule has 2 N–H and O–H groups in total. The Kier molecular flexibility index (Phi) is 5.12. The minimum atomic E-state index is -0.630. The highest BCUT2D eigenvalue weighted by Gasteiger charge is 2.23. The van der Waals surface area contributed by atoms with E-state index in [1.54, 1.807) is 31.2 Å². The Bertz CT molecular complexity index is 780. The molecule has 0 saturated carbocycles. The molecule has 7 heteroatoms.